The maximum Gasteiger partial charge on any atom is 0.268 e. The first-order chi connectivity index (χ1) is 9.41. The van der Waals surface area contributed by atoms with E-state index < -0.39 is 5.67 Å². The summed E-state index contributed by atoms with van der Waals surface area (Å²) in [5.41, 5.74) is 0.856. The molecule has 5 heteroatoms. The van der Waals surface area contributed by atoms with E-state index in [1.807, 2.05) is 19.1 Å². The van der Waals surface area contributed by atoms with Crippen LogP contribution in [0.4, 0.5) is 4.39 Å². The topological polar surface area (TPSA) is 44.9 Å². The summed E-state index contributed by atoms with van der Waals surface area (Å²) in [7, 11) is 0. The molecule has 1 amide bonds. The zero-order chi connectivity index (χ0) is 14.1. The molecule has 0 atom stereocenters. The highest BCUT2D eigenvalue weighted by Crippen LogP contribution is 2.62. The predicted molar refractivity (Wildman–Crippen MR) is 75.9 cm³/mol. The molecule has 0 spiro atoms. The zero-order valence-electron chi connectivity index (χ0n) is 11.0. The number of carbonyl (C=O) groups excluding carboxylic acids is 1. The molecule has 2 aromatic rings. The van der Waals surface area contributed by atoms with Gasteiger partial charge in [0, 0.05) is 30.2 Å². The van der Waals surface area contributed by atoms with E-state index in [0.717, 1.165) is 16.5 Å². The van der Waals surface area contributed by atoms with Gasteiger partial charge < -0.3 is 10.3 Å². The number of para-hydroxylation sites is 1. The maximum absolute atomic E-state index is 13.5. The number of hydrogen-bond donors (Lipinski definition) is 2. The van der Waals surface area contributed by atoms with Crippen molar-refractivity contribution in [2.24, 2.45) is 0 Å². The van der Waals surface area contributed by atoms with Gasteiger partial charge in [-0.15, -0.1) is 0 Å². The second-order valence-electron chi connectivity index (χ2n) is 6.20. The third-order valence-corrected chi connectivity index (χ3v) is 4.93. The SMILES string of the molecule is Cc1c(C(=O)NC23CC(F)(C2)C3)[nH]c2c(Cl)cccc12. The summed E-state index contributed by atoms with van der Waals surface area (Å²) in [4.78, 5) is 15.5. The lowest BCUT2D eigenvalue weighted by Gasteiger charge is -2.65. The number of H-pyrrole nitrogens is 1. The van der Waals surface area contributed by atoms with Crippen molar-refractivity contribution in [1.82, 2.24) is 10.3 Å². The summed E-state index contributed by atoms with van der Waals surface area (Å²) in [6, 6.07) is 5.58. The Hall–Kier alpha value is -1.55. The van der Waals surface area contributed by atoms with Crippen LogP contribution in [0.15, 0.2) is 18.2 Å². The lowest BCUT2D eigenvalue weighted by atomic mass is 9.47. The molecule has 3 saturated carbocycles. The van der Waals surface area contributed by atoms with Gasteiger partial charge >= 0.3 is 0 Å². The van der Waals surface area contributed by atoms with Crippen LogP contribution in [0, 0.1) is 6.92 Å². The molecular formula is C15H14ClFN2O. The number of hydrogen-bond acceptors (Lipinski definition) is 1. The summed E-state index contributed by atoms with van der Waals surface area (Å²) >= 11 is 6.13. The molecule has 0 radical (unpaired) electrons. The summed E-state index contributed by atoms with van der Waals surface area (Å²) in [6.45, 7) is 1.89. The van der Waals surface area contributed by atoms with Crippen molar-refractivity contribution in [2.45, 2.75) is 37.4 Å². The molecule has 5 rings (SSSR count). The van der Waals surface area contributed by atoms with Gasteiger partial charge in [0.05, 0.1) is 10.5 Å². The van der Waals surface area contributed by atoms with Gasteiger partial charge in [-0.2, -0.15) is 0 Å². The molecule has 3 aliphatic rings. The Morgan fingerprint density at radius 1 is 1.40 bits per heavy atom. The molecule has 1 aromatic heterocycles. The van der Waals surface area contributed by atoms with Crippen molar-refractivity contribution in [3.63, 3.8) is 0 Å². The summed E-state index contributed by atoms with van der Waals surface area (Å²) < 4.78 is 13.5. The Balaban J connectivity index is 1.67. The summed E-state index contributed by atoms with van der Waals surface area (Å²) in [5.74, 6) is -0.170. The van der Waals surface area contributed by atoms with E-state index in [1.54, 1.807) is 6.07 Å². The number of nitrogens with one attached hydrogen (secondary N) is 2. The molecule has 0 unspecified atom stereocenters. The van der Waals surface area contributed by atoms with E-state index in [-0.39, 0.29) is 11.4 Å². The third-order valence-electron chi connectivity index (χ3n) is 4.61. The van der Waals surface area contributed by atoms with Crippen LogP contribution in [0.2, 0.25) is 5.02 Å². The van der Waals surface area contributed by atoms with Crippen LogP contribution >= 0.6 is 11.6 Å². The number of aromatic nitrogens is 1. The average Bonchev–Trinajstić information content (AvgIpc) is 2.65. The predicted octanol–water partition coefficient (Wildman–Crippen LogP) is 3.50. The van der Waals surface area contributed by atoms with Gasteiger partial charge in [0.1, 0.15) is 11.4 Å². The highest BCUT2D eigenvalue weighted by Gasteiger charge is 2.69. The molecular weight excluding hydrogens is 279 g/mol. The monoisotopic (exact) mass is 292 g/mol. The average molecular weight is 293 g/mol. The molecule has 3 nitrogen and oxygen atoms in total. The first-order valence-corrected chi connectivity index (χ1v) is 7.08. The maximum atomic E-state index is 13.5. The minimum atomic E-state index is -1.01. The number of alkyl halides is 1. The van der Waals surface area contributed by atoms with Crippen LogP contribution < -0.4 is 5.32 Å². The zero-order valence-corrected chi connectivity index (χ0v) is 11.8. The number of amides is 1. The second-order valence-corrected chi connectivity index (χ2v) is 6.61. The summed E-state index contributed by atoms with van der Waals surface area (Å²) in [5, 5.41) is 4.51. The van der Waals surface area contributed by atoms with Gasteiger partial charge in [-0.3, -0.25) is 4.79 Å². The highest BCUT2D eigenvalue weighted by atomic mass is 35.5. The number of aryl methyl sites for hydroxylation is 1. The molecule has 3 fully saturated rings. The van der Waals surface area contributed by atoms with Crippen LogP contribution in [0.25, 0.3) is 10.9 Å². The fraction of sp³-hybridized carbons (Fsp3) is 0.400. The molecule has 3 aliphatic carbocycles. The van der Waals surface area contributed by atoms with Gasteiger partial charge in [0.2, 0.25) is 0 Å². The van der Waals surface area contributed by atoms with Gasteiger partial charge in [-0.25, -0.2) is 4.39 Å². The Labute approximate surface area is 120 Å². The fourth-order valence-corrected chi connectivity index (χ4v) is 3.87. The largest absolute Gasteiger partial charge is 0.349 e. The molecule has 1 aromatic carbocycles. The first kappa shape index (κ1) is 12.2. The van der Waals surface area contributed by atoms with E-state index in [9.17, 15) is 9.18 Å². The molecule has 1 heterocycles. The quantitative estimate of drug-likeness (QED) is 0.874. The van der Waals surface area contributed by atoms with Gasteiger partial charge in [0.15, 0.2) is 0 Å². The molecule has 2 N–H and O–H groups in total. The molecule has 104 valence electrons. The van der Waals surface area contributed by atoms with Crippen LogP contribution in [0.3, 0.4) is 0 Å². The summed E-state index contributed by atoms with van der Waals surface area (Å²) in [6.07, 6.45) is 1.35. The number of halogens is 2. The smallest absolute Gasteiger partial charge is 0.268 e. The molecule has 2 bridgehead atoms. The molecule has 0 aliphatic heterocycles. The Kier molecular flexibility index (Phi) is 2.17. The highest BCUT2D eigenvalue weighted by molar-refractivity contribution is 6.35. The van der Waals surface area contributed by atoms with E-state index in [2.05, 4.69) is 10.3 Å². The van der Waals surface area contributed by atoms with Crippen LogP contribution in [-0.4, -0.2) is 22.1 Å². The number of aromatic amines is 1. The Bertz CT molecular complexity index is 732. The van der Waals surface area contributed by atoms with Crippen molar-refractivity contribution >= 4 is 28.4 Å². The Morgan fingerprint density at radius 3 is 2.70 bits per heavy atom. The normalized spacial score (nSPS) is 30.8. The first-order valence-electron chi connectivity index (χ1n) is 6.70. The number of fused-ring (bicyclic) bond motifs is 1. The van der Waals surface area contributed by atoms with E-state index in [4.69, 9.17) is 11.6 Å². The standard InChI is InChI=1S/C15H14ClFN2O/c1-8-9-3-2-4-10(16)12(9)18-11(8)13(20)19-15-5-14(17,6-15)7-15/h2-4,18H,5-7H2,1H3,(H,19,20). The van der Waals surface area contributed by atoms with E-state index in [0.29, 0.717) is 30.0 Å². The van der Waals surface area contributed by atoms with Crippen molar-refractivity contribution in [2.75, 3.05) is 0 Å². The van der Waals surface area contributed by atoms with Crippen molar-refractivity contribution < 1.29 is 9.18 Å². The minimum Gasteiger partial charge on any atom is -0.349 e. The van der Waals surface area contributed by atoms with Crippen LogP contribution in [0.5, 0.6) is 0 Å². The van der Waals surface area contributed by atoms with Crippen LogP contribution in [-0.2, 0) is 0 Å². The number of benzene rings is 1. The number of carbonyl (C=O) groups is 1. The lowest BCUT2D eigenvalue weighted by molar-refractivity contribution is -0.162. The van der Waals surface area contributed by atoms with E-state index >= 15 is 0 Å². The number of rotatable bonds is 2. The van der Waals surface area contributed by atoms with Crippen molar-refractivity contribution in [3.8, 4) is 0 Å². The van der Waals surface area contributed by atoms with Gasteiger partial charge in [-0.05, 0) is 18.6 Å². The van der Waals surface area contributed by atoms with Gasteiger partial charge in [0.25, 0.3) is 5.91 Å². The van der Waals surface area contributed by atoms with Crippen LogP contribution in [0.1, 0.15) is 35.3 Å². The van der Waals surface area contributed by atoms with Crippen molar-refractivity contribution in [1.29, 1.82) is 0 Å². The van der Waals surface area contributed by atoms with Crippen molar-refractivity contribution in [3.05, 3.63) is 34.5 Å². The van der Waals surface area contributed by atoms with Gasteiger partial charge in [-0.1, -0.05) is 23.7 Å². The fourth-order valence-electron chi connectivity index (χ4n) is 3.64. The lowest BCUT2D eigenvalue weighted by Crippen LogP contribution is -2.76. The molecule has 20 heavy (non-hydrogen) atoms. The third kappa shape index (κ3) is 1.48. The van der Waals surface area contributed by atoms with E-state index in [1.165, 1.54) is 0 Å². The Morgan fingerprint density at radius 2 is 2.10 bits per heavy atom. The second kappa shape index (κ2) is 3.55. The molecule has 0 saturated heterocycles. The minimum absolute atomic E-state index is 0.170.